The van der Waals surface area contributed by atoms with Crippen molar-refractivity contribution < 1.29 is 9.18 Å². The first-order valence-corrected chi connectivity index (χ1v) is 10.7. The fourth-order valence-electron chi connectivity index (χ4n) is 4.45. The highest BCUT2D eigenvalue weighted by Gasteiger charge is 2.22. The highest BCUT2D eigenvalue weighted by Crippen LogP contribution is 2.25. The molecule has 1 fully saturated rings. The van der Waals surface area contributed by atoms with E-state index < -0.39 is 0 Å². The van der Waals surface area contributed by atoms with Crippen LogP contribution in [-0.4, -0.2) is 43.5 Å². The van der Waals surface area contributed by atoms with E-state index in [9.17, 15) is 9.18 Å². The molecule has 0 bridgehead atoms. The quantitative estimate of drug-likeness (QED) is 0.838. The van der Waals surface area contributed by atoms with Gasteiger partial charge in [0.25, 0.3) is 0 Å². The number of hydrogen-bond donors (Lipinski definition) is 1. The van der Waals surface area contributed by atoms with Gasteiger partial charge in [-0.3, -0.25) is 9.69 Å². The number of fused-ring (bicyclic) bond motifs is 1. The Balaban J connectivity index is 1.27. The monoisotopic (exact) mass is 395 g/mol. The van der Waals surface area contributed by atoms with Gasteiger partial charge in [-0.15, -0.1) is 0 Å². The number of nitrogens with one attached hydrogen (secondary N) is 1. The Morgan fingerprint density at radius 2 is 1.76 bits per heavy atom. The second-order valence-electron chi connectivity index (χ2n) is 8.24. The van der Waals surface area contributed by atoms with Crippen LogP contribution in [0.5, 0.6) is 0 Å². The first-order valence-electron chi connectivity index (χ1n) is 10.7. The summed E-state index contributed by atoms with van der Waals surface area (Å²) in [4.78, 5) is 16.8. The lowest BCUT2D eigenvalue weighted by atomic mass is 9.89. The molecule has 0 radical (unpaired) electrons. The standard InChI is InChI=1S/C24H30FN3O/c1-18(20-11-10-19-6-2-3-7-21(19)16-20)26-24(29)17-27-12-14-28(15-13-27)23-9-5-4-8-22(23)25/h4-5,8-11,16,18H,2-3,6-7,12-15,17H2,1H3,(H,26,29)/t18-/m0/s1. The summed E-state index contributed by atoms with van der Waals surface area (Å²) >= 11 is 0. The molecule has 1 saturated heterocycles. The summed E-state index contributed by atoms with van der Waals surface area (Å²) in [6.07, 6.45) is 4.87. The van der Waals surface area contributed by atoms with Crippen LogP contribution in [0, 0.1) is 5.82 Å². The summed E-state index contributed by atoms with van der Waals surface area (Å²) in [6.45, 7) is 5.42. The maximum Gasteiger partial charge on any atom is 0.234 e. The normalized spacial score (nSPS) is 18.2. The minimum Gasteiger partial charge on any atom is -0.367 e. The molecule has 2 aromatic rings. The van der Waals surface area contributed by atoms with Gasteiger partial charge in [0.2, 0.25) is 5.91 Å². The predicted octanol–water partition coefficient (Wildman–Crippen LogP) is 3.70. The third-order valence-electron chi connectivity index (χ3n) is 6.18. The summed E-state index contributed by atoms with van der Waals surface area (Å²) in [6, 6.07) is 13.6. The van der Waals surface area contributed by atoms with Gasteiger partial charge in [-0.05, 0) is 61.4 Å². The third kappa shape index (κ3) is 4.78. The number of amides is 1. The first kappa shape index (κ1) is 19.9. The van der Waals surface area contributed by atoms with E-state index in [1.54, 1.807) is 6.07 Å². The van der Waals surface area contributed by atoms with Crippen molar-refractivity contribution >= 4 is 11.6 Å². The summed E-state index contributed by atoms with van der Waals surface area (Å²) in [5.41, 5.74) is 4.74. The average molecular weight is 396 g/mol. The van der Waals surface area contributed by atoms with Crippen LogP contribution < -0.4 is 10.2 Å². The molecule has 1 heterocycles. The highest BCUT2D eigenvalue weighted by molar-refractivity contribution is 5.78. The van der Waals surface area contributed by atoms with Crippen molar-refractivity contribution in [3.63, 3.8) is 0 Å². The zero-order valence-electron chi connectivity index (χ0n) is 17.2. The first-order chi connectivity index (χ1) is 14.1. The molecule has 4 nitrogen and oxygen atoms in total. The van der Waals surface area contributed by atoms with E-state index in [0.29, 0.717) is 12.2 Å². The minimum atomic E-state index is -0.183. The summed E-state index contributed by atoms with van der Waals surface area (Å²) in [7, 11) is 0. The van der Waals surface area contributed by atoms with Crippen LogP contribution >= 0.6 is 0 Å². The van der Waals surface area contributed by atoms with Gasteiger partial charge in [0.1, 0.15) is 5.82 Å². The predicted molar refractivity (Wildman–Crippen MR) is 115 cm³/mol. The van der Waals surface area contributed by atoms with Crippen molar-refractivity contribution in [2.75, 3.05) is 37.6 Å². The Morgan fingerprint density at radius 3 is 2.52 bits per heavy atom. The van der Waals surface area contributed by atoms with Crippen LogP contribution in [-0.2, 0) is 17.6 Å². The molecule has 154 valence electrons. The van der Waals surface area contributed by atoms with Crippen molar-refractivity contribution in [2.45, 2.75) is 38.6 Å². The minimum absolute atomic E-state index is 0.00873. The van der Waals surface area contributed by atoms with Crippen molar-refractivity contribution in [3.8, 4) is 0 Å². The molecule has 1 amide bonds. The molecular weight excluding hydrogens is 365 g/mol. The Morgan fingerprint density at radius 1 is 1.03 bits per heavy atom. The summed E-state index contributed by atoms with van der Waals surface area (Å²) < 4.78 is 14.0. The van der Waals surface area contributed by atoms with E-state index >= 15 is 0 Å². The van der Waals surface area contributed by atoms with Gasteiger partial charge < -0.3 is 10.2 Å². The van der Waals surface area contributed by atoms with E-state index in [1.165, 1.54) is 42.0 Å². The molecule has 4 rings (SSSR count). The van der Waals surface area contributed by atoms with E-state index in [1.807, 2.05) is 12.1 Å². The number of carbonyl (C=O) groups is 1. The Labute approximate surface area is 172 Å². The molecule has 5 heteroatoms. The molecule has 0 aromatic heterocycles. The number of carbonyl (C=O) groups excluding carboxylic acids is 1. The molecule has 0 saturated carbocycles. The van der Waals surface area contributed by atoms with Gasteiger partial charge in [-0.25, -0.2) is 4.39 Å². The second kappa shape index (κ2) is 8.95. The number of para-hydroxylation sites is 1. The number of aryl methyl sites for hydroxylation is 2. The second-order valence-corrected chi connectivity index (χ2v) is 8.24. The van der Waals surface area contributed by atoms with Gasteiger partial charge in [0, 0.05) is 26.2 Å². The molecule has 1 aliphatic carbocycles. The Bertz CT molecular complexity index is 861. The number of nitrogens with zero attached hydrogens (tertiary/aromatic N) is 2. The SMILES string of the molecule is C[C@H](NC(=O)CN1CCN(c2ccccc2F)CC1)c1ccc2c(c1)CCCC2. The van der Waals surface area contributed by atoms with Crippen molar-refractivity contribution in [1.29, 1.82) is 0 Å². The smallest absolute Gasteiger partial charge is 0.234 e. The molecular formula is C24H30FN3O. The van der Waals surface area contributed by atoms with Crippen molar-refractivity contribution in [2.24, 2.45) is 0 Å². The van der Waals surface area contributed by atoms with Crippen LogP contribution in [0.25, 0.3) is 0 Å². The molecule has 2 aliphatic rings. The van der Waals surface area contributed by atoms with Crippen molar-refractivity contribution in [1.82, 2.24) is 10.2 Å². The van der Waals surface area contributed by atoms with Crippen LogP contribution in [0.15, 0.2) is 42.5 Å². The number of hydrogen-bond acceptors (Lipinski definition) is 3. The summed E-state index contributed by atoms with van der Waals surface area (Å²) in [5.74, 6) is -0.132. The van der Waals surface area contributed by atoms with Crippen molar-refractivity contribution in [3.05, 3.63) is 65.0 Å². The number of benzene rings is 2. The van der Waals surface area contributed by atoms with E-state index in [2.05, 4.69) is 40.2 Å². The number of rotatable bonds is 5. The Hall–Kier alpha value is -2.40. The van der Waals surface area contributed by atoms with Crippen LogP contribution in [0.1, 0.15) is 42.5 Å². The molecule has 1 N–H and O–H groups in total. The fourth-order valence-corrected chi connectivity index (χ4v) is 4.45. The topological polar surface area (TPSA) is 35.6 Å². The highest BCUT2D eigenvalue weighted by atomic mass is 19.1. The number of halogens is 1. The molecule has 1 atom stereocenters. The van der Waals surface area contributed by atoms with Gasteiger partial charge in [-0.1, -0.05) is 30.3 Å². The number of piperazine rings is 1. The zero-order valence-corrected chi connectivity index (χ0v) is 17.2. The third-order valence-corrected chi connectivity index (χ3v) is 6.18. The van der Waals surface area contributed by atoms with Crippen LogP contribution in [0.2, 0.25) is 0 Å². The Kier molecular flexibility index (Phi) is 6.14. The fraction of sp³-hybridized carbons (Fsp3) is 0.458. The van der Waals surface area contributed by atoms with Gasteiger partial charge in [0.15, 0.2) is 0 Å². The van der Waals surface area contributed by atoms with Gasteiger partial charge in [0.05, 0.1) is 18.3 Å². The molecule has 0 spiro atoms. The average Bonchev–Trinajstić information content (AvgIpc) is 2.74. The maximum atomic E-state index is 14.0. The van der Waals surface area contributed by atoms with Gasteiger partial charge in [-0.2, -0.15) is 0 Å². The maximum absolute atomic E-state index is 14.0. The molecule has 0 unspecified atom stereocenters. The van der Waals surface area contributed by atoms with E-state index in [4.69, 9.17) is 0 Å². The summed E-state index contributed by atoms with van der Waals surface area (Å²) in [5, 5.41) is 3.15. The molecule has 1 aliphatic heterocycles. The zero-order chi connectivity index (χ0) is 20.2. The lowest BCUT2D eigenvalue weighted by Gasteiger charge is -2.36. The molecule has 2 aromatic carbocycles. The van der Waals surface area contributed by atoms with Gasteiger partial charge >= 0.3 is 0 Å². The lowest BCUT2D eigenvalue weighted by molar-refractivity contribution is -0.123. The lowest BCUT2D eigenvalue weighted by Crippen LogP contribution is -2.49. The van der Waals surface area contributed by atoms with E-state index in [0.717, 1.165) is 32.6 Å². The van der Waals surface area contributed by atoms with Crippen LogP contribution in [0.4, 0.5) is 10.1 Å². The largest absolute Gasteiger partial charge is 0.367 e. The number of anilines is 1. The molecule has 29 heavy (non-hydrogen) atoms. The van der Waals surface area contributed by atoms with E-state index in [-0.39, 0.29) is 17.8 Å². The van der Waals surface area contributed by atoms with Crippen LogP contribution in [0.3, 0.4) is 0 Å².